The van der Waals surface area contributed by atoms with Gasteiger partial charge < -0.3 is 14.5 Å². The number of benzene rings is 1. The Morgan fingerprint density at radius 2 is 1.65 bits per heavy atom. The van der Waals surface area contributed by atoms with E-state index in [0.29, 0.717) is 17.6 Å². The molecule has 5 aromatic rings. The molecule has 0 unspecified atom stereocenters. The van der Waals surface area contributed by atoms with Crippen molar-refractivity contribution in [2.45, 2.75) is 20.0 Å². The van der Waals surface area contributed by atoms with Crippen molar-refractivity contribution in [3.63, 3.8) is 0 Å². The van der Waals surface area contributed by atoms with Crippen molar-refractivity contribution in [3.8, 4) is 40.0 Å². The topological polar surface area (TPSA) is 90.0 Å². The van der Waals surface area contributed by atoms with Gasteiger partial charge in [-0.1, -0.05) is 0 Å². The summed E-state index contributed by atoms with van der Waals surface area (Å²) in [5.41, 5.74) is -1.64. The van der Waals surface area contributed by atoms with E-state index in [-0.39, 0.29) is 50.6 Å². The number of rotatable bonds is 5. The Labute approximate surface area is 223 Å². The van der Waals surface area contributed by atoms with Gasteiger partial charge >= 0.3 is 6.18 Å². The molecule has 4 aromatic heterocycles. The molecule has 0 radical (unpaired) electrons. The minimum atomic E-state index is -4.77. The third kappa shape index (κ3) is 4.61. The van der Waals surface area contributed by atoms with Gasteiger partial charge in [0.25, 0.3) is 0 Å². The average molecular weight is 554 g/mol. The fourth-order valence-corrected chi connectivity index (χ4v) is 4.36. The minimum absolute atomic E-state index is 0.0472. The van der Waals surface area contributed by atoms with Gasteiger partial charge in [0.05, 0.1) is 34.8 Å². The van der Waals surface area contributed by atoms with Crippen LogP contribution in [-0.4, -0.2) is 27.0 Å². The van der Waals surface area contributed by atoms with Crippen LogP contribution in [0.25, 0.3) is 33.5 Å². The number of hydrogen-bond acceptors (Lipinski definition) is 6. The van der Waals surface area contributed by atoms with E-state index in [1.807, 2.05) is 0 Å². The molecule has 1 aromatic carbocycles. The maximum Gasteiger partial charge on any atom is 0.418 e. The number of methoxy groups -OCH3 is 1. The highest BCUT2D eigenvalue weighted by atomic mass is 19.4. The Balaban J connectivity index is 1.75. The number of hydrogen-bond donors (Lipinski definition) is 1. The first-order chi connectivity index (χ1) is 19.0. The Morgan fingerprint density at radius 3 is 2.38 bits per heavy atom. The molecule has 0 spiro atoms. The largest absolute Gasteiger partial charge is 0.494 e. The number of halogens is 5. The Kier molecular flexibility index (Phi) is 6.70. The van der Waals surface area contributed by atoms with E-state index in [1.54, 1.807) is 12.1 Å². The molecule has 0 aliphatic heterocycles. The second-order valence-corrected chi connectivity index (χ2v) is 8.75. The number of fused-ring (bicyclic) bond motifs is 1. The molecule has 7 nitrogen and oxygen atoms in total. The van der Waals surface area contributed by atoms with Crippen molar-refractivity contribution >= 4 is 10.9 Å². The van der Waals surface area contributed by atoms with Crippen LogP contribution in [0.1, 0.15) is 16.7 Å². The predicted molar refractivity (Wildman–Crippen MR) is 136 cm³/mol. The van der Waals surface area contributed by atoms with E-state index < -0.39 is 28.8 Å². The fourth-order valence-electron chi connectivity index (χ4n) is 4.36. The lowest BCUT2D eigenvalue weighted by atomic mass is 10.0. The van der Waals surface area contributed by atoms with Crippen LogP contribution in [0.5, 0.6) is 17.4 Å². The summed E-state index contributed by atoms with van der Waals surface area (Å²) >= 11 is 0. The van der Waals surface area contributed by atoms with Gasteiger partial charge in [-0.25, -0.2) is 13.8 Å². The number of aromatic nitrogens is 4. The molecule has 0 aliphatic rings. The number of nitrogens with one attached hydrogen (secondary N) is 1. The SMILES string of the molecule is COc1cccnc1-c1nccc2[nH]c(-c3c(Oc4ccc(F)c(F)c4C)ncc(C(F)(F)F)c3C)cc(=O)c12. The molecule has 40 heavy (non-hydrogen) atoms. The van der Waals surface area contributed by atoms with Gasteiger partial charge in [0.1, 0.15) is 22.9 Å². The van der Waals surface area contributed by atoms with Gasteiger partial charge in [0.2, 0.25) is 5.88 Å². The second-order valence-electron chi connectivity index (χ2n) is 8.75. The Hall–Kier alpha value is -4.87. The van der Waals surface area contributed by atoms with E-state index in [4.69, 9.17) is 9.47 Å². The summed E-state index contributed by atoms with van der Waals surface area (Å²) in [4.78, 5) is 28.9. The molecule has 0 amide bonds. The fraction of sp³-hybridized carbons (Fsp3) is 0.143. The Bertz CT molecular complexity index is 1840. The van der Waals surface area contributed by atoms with Gasteiger partial charge in [-0.15, -0.1) is 0 Å². The van der Waals surface area contributed by atoms with Crippen molar-refractivity contribution in [2.75, 3.05) is 7.11 Å². The maximum absolute atomic E-state index is 14.2. The maximum atomic E-state index is 14.2. The molecule has 1 N–H and O–H groups in total. The summed E-state index contributed by atoms with van der Waals surface area (Å²) in [7, 11) is 1.44. The first-order valence-corrected chi connectivity index (χ1v) is 11.7. The van der Waals surface area contributed by atoms with Gasteiger partial charge in [-0.2, -0.15) is 13.2 Å². The Morgan fingerprint density at radius 1 is 0.900 bits per heavy atom. The number of pyridine rings is 4. The summed E-state index contributed by atoms with van der Waals surface area (Å²) in [5.74, 6) is -2.44. The van der Waals surface area contributed by atoms with Crippen molar-refractivity contribution in [2.24, 2.45) is 0 Å². The van der Waals surface area contributed by atoms with Crippen LogP contribution in [0.4, 0.5) is 22.0 Å². The van der Waals surface area contributed by atoms with Gasteiger partial charge in [-0.05, 0) is 49.7 Å². The molecule has 0 fully saturated rings. The average Bonchev–Trinajstić information content (AvgIpc) is 2.92. The number of ether oxygens (including phenoxy) is 2. The molecule has 0 bridgehead atoms. The summed E-state index contributed by atoms with van der Waals surface area (Å²) in [6.45, 7) is 2.45. The van der Waals surface area contributed by atoms with E-state index in [1.165, 1.54) is 39.4 Å². The lowest BCUT2D eigenvalue weighted by Crippen LogP contribution is -2.12. The zero-order valence-corrected chi connectivity index (χ0v) is 21.2. The van der Waals surface area contributed by atoms with Crippen LogP contribution in [-0.2, 0) is 6.18 Å². The molecule has 0 saturated heterocycles. The standard InChI is InChI=1S/C28H19F5N4O3/c1-13-15(28(31,32)33)12-36-27(40-20-7-6-16(29)24(30)14(20)2)22(13)18-11-19(38)23-17(37-18)8-10-35-26(23)25-21(39-3)5-4-9-34-25/h4-12H,1-3H3,(H,37,38). The molecular formula is C28H19F5N4O3. The van der Waals surface area contributed by atoms with Crippen molar-refractivity contribution in [1.29, 1.82) is 0 Å². The number of nitrogens with zero attached hydrogens (tertiary/aromatic N) is 3. The van der Waals surface area contributed by atoms with Crippen LogP contribution in [0.2, 0.25) is 0 Å². The van der Waals surface area contributed by atoms with Crippen molar-refractivity contribution in [1.82, 2.24) is 19.9 Å². The zero-order chi connectivity index (χ0) is 28.8. The molecule has 5 rings (SSSR count). The van der Waals surface area contributed by atoms with E-state index in [2.05, 4.69) is 19.9 Å². The lowest BCUT2D eigenvalue weighted by Gasteiger charge is -2.18. The monoisotopic (exact) mass is 554 g/mol. The molecular weight excluding hydrogens is 535 g/mol. The van der Waals surface area contributed by atoms with E-state index in [9.17, 15) is 26.7 Å². The number of H-pyrrole nitrogens is 1. The number of aromatic amines is 1. The molecule has 0 aliphatic carbocycles. The highest BCUT2D eigenvalue weighted by Crippen LogP contribution is 2.41. The van der Waals surface area contributed by atoms with Crippen LogP contribution in [0, 0.1) is 25.5 Å². The molecule has 0 saturated carbocycles. The van der Waals surface area contributed by atoms with Crippen LogP contribution >= 0.6 is 0 Å². The molecule has 12 heteroatoms. The summed E-state index contributed by atoms with van der Waals surface area (Å²) in [5, 5.41) is 0.125. The molecule has 4 heterocycles. The quantitative estimate of drug-likeness (QED) is 0.242. The first kappa shape index (κ1) is 26.7. The highest BCUT2D eigenvalue weighted by Gasteiger charge is 2.35. The second kappa shape index (κ2) is 10.0. The predicted octanol–water partition coefficient (Wildman–Crippen LogP) is 6.76. The molecule has 0 atom stereocenters. The summed E-state index contributed by atoms with van der Waals surface area (Å²) in [6.07, 6.45) is -1.28. The summed E-state index contributed by atoms with van der Waals surface area (Å²) in [6, 6.07) is 7.83. The van der Waals surface area contributed by atoms with Gasteiger partial charge in [0, 0.05) is 30.2 Å². The van der Waals surface area contributed by atoms with Crippen LogP contribution < -0.4 is 14.9 Å². The smallest absolute Gasteiger partial charge is 0.418 e. The van der Waals surface area contributed by atoms with E-state index >= 15 is 0 Å². The van der Waals surface area contributed by atoms with Crippen LogP contribution in [0.15, 0.2) is 59.8 Å². The normalized spacial score (nSPS) is 11.6. The summed E-state index contributed by atoms with van der Waals surface area (Å²) < 4.78 is 80.4. The minimum Gasteiger partial charge on any atom is -0.494 e. The molecule has 204 valence electrons. The van der Waals surface area contributed by atoms with Gasteiger partial charge in [0.15, 0.2) is 17.1 Å². The van der Waals surface area contributed by atoms with Gasteiger partial charge in [-0.3, -0.25) is 14.8 Å². The van der Waals surface area contributed by atoms with Crippen molar-refractivity contribution in [3.05, 3.63) is 93.5 Å². The third-order valence-electron chi connectivity index (χ3n) is 6.33. The first-order valence-electron chi connectivity index (χ1n) is 11.7. The zero-order valence-electron chi connectivity index (χ0n) is 21.2. The van der Waals surface area contributed by atoms with Crippen molar-refractivity contribution < 1.29 is 31.4 Å². The van der Waals surface area contributed by atoms with E-state index in [0.717, 1.165) is 18.2 Å². The lowest BCUT2D eigenvalue weighted by molar-refractivity contribution is -0.138. The van der Waals surface area contributed by atoms with Crippen LogP contribution in [0.3, 0.4) is 0 Å². The third-order valence-corrected chi connectivity index (χ3v) is 6.33. The number of alkyl halides is 3. The highest BCUT2D eigenvalue weighted by molar-refractivity contribution is 5.94.